The minimum absolute atomic E-state index is 0.329. The molecule has 4 nitrogen and oxygen atoms in total. The summed E-state index contributed by atoms with van der Waals surface area (Å²) in [5.41, 5.74) is 4.88. The van der Waals surface area contributed by atoms with Crippen molar-refractivity contribution in [2.45, 2.75) is 51.1 Å². The van der Waals surface area contributed by atoms with Gasteiger partial charge in [-0.1, -0.05) is 20.3 Å². The van der Waals surface area contributed by atoms with Crippen molar-refractivity contribution >= 4 is 5.97 Å². The summed E-state index contributed by atoms with van der Waals surface area (Å²) in [6.07, 6.45) is 3.23. The third-order valence-electron chi connectivity index (χ3n) is 3.87. The molecule has 0 bridgehead atoms. The van der Waals surface area contributed by atoms with Gasteiger partial charge >= 0.3 is 5.97 Å². The van der Waals surface area contributed by atoms with E-state index < -0.39 is 11.5 Å². The zero-order chi connectivity index (χ0) is 12.3. The van der Waals surface area contributed by atoms with E-state index in [1.165, 1.54) is 0 Å². The van der Waals surface area contributed by atoms with Gasteiger partial charge in [-0.2, -0.15) is 0 Å². The second-order valence-corrected chi connectivity index (χ2v) is 5.31. The molecule has 0 aromatic rings. The van der Waals surface area contributed by atoms with Gasteiger partial charge in [0, 0.05) is 12.6 Å². The predicted molar refractivity (Wildman–Crippen MR) is 64.3 cm³/mol. The smallest absolute Gasteiger partial charge is 0.323 e. The van der Waals surface area contributed by atoms with E-state index in [2.05, 4.69) is 25.8 Å². The van der Waals surface area contributed by atoms with Crippen LogP contribution in [0.3, 0.4) is 0 Å². The fourth-order valence-corrected chi connectivity index (χ4v) is 2.39. The molecule has 1 rings (SSSR count). The van der Waals surface area contributed by atoms with Crippen molar-refractivity contribution in [3.05, 3.63) is 0 Å². The van der Waals surface area contributed by atoms with Crippen molar-refractivity contribution in [2.24, 2.45) is 11.7 Å². The van der Waals surface area contributed by atoms with Crippen LogP contribution in [-0.4, -0.2) is 41.1 Å². The van der Waals surface area contributed by atoms with E-state index in [9.17, 15) is 4.79 Å². The molecule has 1 aliphatic rings. The maximum Gasteiger partial charge on any atom is 0.323 e. The third kappa shape index (κ3) is 2.95. The second-order valence-electron chi connectivity index (χ2n) is 5.31. The molecule has 0 saturated heterocycles. The minimum Gasteiger partial charge on any atom is -0.480 e. The molecule has 1 aliphatic carbocycles. The van der Waals surface area contributed by atoms with E-state index in [0.717, 1.165) is 19.4 Å². The summed E-state index contributed by atoms with van der Waals surface area (Å²) in [5.74, 6) is -0.199. The highest BCUT2D eigenvalue weighted by molar-refractivity contribution is 5.79. The first-order valence-corrected chi connectivity index (χ1v) is 6.11. The molecule has 0 amide bonds. The summed E-state index contributed by atoms with van der Waals surface area (Å²) in [7, 11) is 2.07. The van der Waals surface area contributed by atoms with Gasteiger partial charge in [-0.3, -0.25) is 4.79 Å². The van der Waals surface area contributed by atoms with Crippen LogP contribution < -0.4 is 5.73 Å². The average molecular weight is 228 g/mol. The third-order valence-corrected chi connectivity index (χ3v) is 3.87. The van der Waals surface area contributed by atoms with Gasteiger partial charge in [0.1, 0.15) is 5.54 Å². The quantitative estimate of drug-likeness (QED) is 0.744. The Labute approximate surface area is 97.8 Å². The van der Waals surface area contributed by atoms with Gasteiger partial charge < -0.3 is 15.7 Å². The molecule has 1 saturated carbocycles. The van der Waals surface area contributed by atoms with Crippen LogP contribution in [0.1, 0.15) is 39.5 Å². The molecule has 0 aromatic carbocycles. The van der Waals surface area contributed by atoms with Gasteiger partial charge in [-0.05, 0) is 32.2 Å². The van der Waals surface area contributed by atoms with Gasteiger partial charge in [0.15, 0.2) is 0 Å². The number of carboxylic acid groups (broad SMARTS) is 1. The number of carboxylic acids is 1. The molecular formula is C12H24N2O2. The molecule has 3 atom stereocenters. The molecule has 94 valence electrons. The number of nitrogens with zero attached hydrogens (tertiary/aromatic N) is 1. The van der Waals surface area contributed by atoms with Gasteiger partial charge in [0.05, 0.1) is 0 Å². The highest BCUT2D eigenvalue weighted by Gasteiger charge is 2.43. The average Bonchev–Trinajstić information content (AvgIpc) is 2.62. The molecule has 1 fully saturated rings. The molecule has 3 unspecified atom stereocenters. The van der Waals surface area contributed by atoms with Gasteiger partial charge in [0.2, 0.25) is 0 Å². The molecular weight excluding hydrogens is 204 g/mol. The Hall–Kier alpha value is -0.610. The monoisotopic (exact) mass is 228 g/mol. The largest absolute Gasteiger partial charge is 0.480 e. The number of rotatable bonds is 5. The van der Waals surface area contributed by atoms with E-state index in [-0.39, 0.29) is 0 Å². The Morgan fingerprint density at radius 1 is 1.69 bits per heavy atom. The van der Waals surface area contributed by atoms with Crippen LogP contribution in [0.2, 0.25) is 0 Å². The lowest BCUT2D eigenvalue weighted by atomic mass is 9.99. The van der Waals surface area contributed by atoms with Gasteiger partial charge in [0.25, 0.3) is 0 Å². The first-order chi connectivity index (χ1) is 7.39. The number of carbonyl (C=O) groups is 1. The van der Waals surface area contributed by atoms with Crippen LogP contribution in [0.25, 0.3) is 0 Å². The maximum absolute atomic E-state index is 11.0. The van der Waals surface area contributed by atoms with Crippen molar-refractivity contribution < 1.29 is 9.90 Å². The van der Waals surface area contributed by atoms with Crippen LogP contribution in [0.15, 0.2) is 0 Å². The molecule has 0 heterocycles. The summed E-state index contributed by atoms with van der Waals surface area (Å²) in [4.78, 5) is 13.3. The van der Waals surface area contributed by atoms with Crippen molar-refractivity contribution in [3.8, 4) is 0 Å². The number of nitrogens with two attached hydrogens (primary N) is 1. The molecule has 16 heavy (non-hydrogen) atoms. The van der Waals surface area contributed by atoms with E-state index in [1.54, 1.807) is 0 Å². The lowest BCUT2D eigenvalue weighted by molar-refractivity contribution is -0.143. The van der Waals surface area contributed by atoms with Crippen LogP contribution >= 0.6 is 0 Å². The maximum atomic E-state index is 11.0. The van der Waals surface area contributed by atoms with Crippen molar-refractivity contribution in [1.82, 2.24) is 4.90 Å². The molecule has 4 heteroatoms. The summed E-state index contributed by atoms with van der Waals surface area (Å²) in [6.45, 7) is 5.42. The second kappa shape index (κ2) is 5.15. The fourth-order valence-electron chi connectivity index (χ4n) is 2.39. The van der Waals surface area contributed by atoms with Crippen molar-refractivity contribution in [2.75, 3.05) is 13.6 Å². The van der Waals surface area contributed by atoms with Crippen LogP contribution in [0.4, 0.5) is 0 Å². The summed E-state index contributed by atoms with van der Waals surface area (Å²) in [6, 6.07) is 0.329. The molecule has 0 radical (unpaired) electrons. The zero-order valence-electron chi connectivity index (χ0n) is 10.6. The first kappa shape index (κ1) is 13.5. The summed E-state index contributed by atoms with van der Waals surface area (Å²) in [5, 5.41) is 9.06. The Balaban J connectivity index is 2.49. The normalized spacial score (nSPS) is 31.9. The van der Waals surface area contributed by atoms with Crippen LogP contribution in [0, 0.1) is 5.92 Å². The Kier molecular flexibility index (Phi) is 4.33. The molecule has 3 N–H and O–H groups in total. The summed E-state index contributed by atoms with van der Waals surface area (Å²) < 4.78 is 0. The first-order valence-electron chi connectivity index (χ1n) is 6.11. The van der Waals surface area contributed by atoms with E-state index in [1.807, 2.05) is 0 Å². The number of aliphatic carboxylic acids is 1. The Morgan fingerprint density at radius 2 is 2.31 bits per heavy atom. The Morgan fingerprint density at radius 3 is 2.75 bits per heavy atom. The topological polar surface area (TPSA) is 66.6 Å². The number of hydrogen-bond acceptors (Lipinski definition) is 3. The van der Waals surface area contributed by atoms with E-state index in [0.29, 0.717) is 24.8 Å². The van der Waals surface area contributed by atoms with Crippen LogP contribution in [-0.2, 0) is 4.79 Å². The highest BCUT2D eigenvalue weighted by atomic mass is 16.4. The lowest BCUT2D eigenvalue weighted by Gasteiger charge is -2.28. The molecule has 0 aromatic heterocycles. The standard InChI is InChI=1S/C12H24N2O2/c1-4-9(2)8-14(3)10-5-6-12(13,7-10)11(15)16/h9-10H,4-8,13H2,1-3H3,(H,15,16). The van der Waals surface area contributed by atoms with Gasteiger partial charge in [-0.25, -0.2) is 0 Å². The minimum atomic E-state index is -0.992. The van der Waals surface area contributed by atoms with E-state index in [4.69, 9.17) is 10.8 Å². The van der Waals surface area contributed by atoms with E-state index >= 15 is 0 Å². The molecule has 0 aliphatic heterocycles. The van der Waals surface area contributed by atoms with Crippen molar-refractivity contribution in [1.29, 1.82) is 0 Å². The van der Waals surface area contributed by atoms with Crippen LogP contribution in [0.5, 0.6) is 0 Å². The lowest BCUT2D eigenvalue weighted by Crippen LogP contribution is -2.47. The molecule has 0 spiro atoms. The van der Waals surface area contributed by atoms with Crippen molar-refractivity contribution in [3.63, 3.8) is 0 Å². The fraction of sp³-hybridized carbons (Fsp3) is 0.917. The zero-order valence-corrected chi connectivity index (χ0v) is 10.6. The Bertz CT molecular complexity index is 257. The summed E-state index contributed by atoms with van der Waals surface area (Å²) >= 11 is 0. The number of hydrogen-bond donors (Lipinski definition) is 2. The predicted octanol–water partition coefficient (Wildman–Crippen LogP) is 1.30. The highest BCUT2D eigenvalue weighted by Crippen LogP contribution is 2.31. The van der Waals surface area contributed by atoms with Gasteiger partial charge in [-0.15, -0.1) is 0 Å². The SMILES string of the molecule is CCC(C)CN(C)C1CCC(N)(C(=O)O)C1.